The molecule has 1 aliphatic heterocycles. The van der Waals surface area contributed by atoms with Crippen molar-refractivity contribution in [3.8, 4) is 0 Å². The highest BCUT2D eigenvalue weighted by Crippen LogP contribution is 2.32. The zero-order valence-corrected chi connectivity index (χ0v) is 14.1. The molecule has 0 aliphatic carbocycles. The van der Waals surface area contributed by atoms with Crippen molar-refractivity contribution in [3.05, 3.63) is 24.0 Å². The van der Waals surface area contributed by atoms with E-state index in [2.05, 4.69) is 56.2 Å². The van der Waals surface area contributed by atoms with Crippen LogP contribution >= 0.6 is 0 Å². The van der Waals surface area contributed by atoms with Crippen LogP contribution in [0.5, 0.6) is 0 Å². The van der Waals surface area contributed by atoms with Gasteiger partial charge < -0.3 is 10.2 Å². The van der Waals surface area contributed by atoms with E-state index >= 15 is 0 Å². The molecule has 1 aromatic heterocycles. The summed E-state index contributed by atoms with van der Waals surface area (Å²) in [5.41, 5.74) is 2.47. The molecule has 3 heteroatoms. The van der Waals surface area contributed by atoms with Crippen molar-refractivity contribution < 1.29 is 0 Å². The smallest absolute Gasteiger partial charge is 0.0574 e. The van der Waals surface area contributed by atoms with Crippen LogP contribution in [0.1, 0.15) is 71.5 Å². The van der Waals surface area contributed by atoms with E-state index in [9.17, 15) is 0 Å². The van der Waals surface area contributed by atoms with Crippen LogP contribution in [-0.2, 0) is 0 Å². The summed E-state index contributed by atoms with van der Waals surface area (Å²) >= 11 is 0. The molecule has 1 aromatic rings. The molecule has 3 atom stereocenters. The van der Waals surface area contributed by atoms with Crippen LogP contribution in [0.2, 0.25) is 0 Å². The van der Waals surface area contributed by atoms with Crippen molar-refractivity contribution in [1.29, 1.82) is 0 Å². The SMILES string of the molecule is CCCNC(CC)c1ccc(N2C(C)CCC2CC)cn1. The van der Waals surface area contributed by atoms with Gasteiger partial charge in [-0.3, -0.25) is 4.98 Å². The molecule has 3 unspecified atom stereocenters. The van der Waals surface area contributed by atoms with Gasteiger partial charge in [-0.15, -0.1) is 0 Å². The van der Waals surface area contributed by atoms with Crippen molar-refractivity contribution >= 4 is 5.69 Å². The first kappa shape index (κ1) is 16.3. The fourth-order valence-electron chi connectivity index (χ4n) is 3.47. The molecule has 0 aromatic carbocycles. The van der Waals surface area contributed by atoms with Gasteiger partial charge in [-0.1, -0.05) is 20.8 Å². The molecule has 3 nitrogen and oxygen atoms in total. The van der Waals surface area contributed by atoms with E-state index in [0.29, 0.717) is 18.1 Å². The lowest BCUT2D eigenvalue weighted by Crippen LogP contribution is -2.34. The molecule has 1 fully saturated rings. The van der Waals surface area contributed by atoms with Crippen molar-refractivity contribution in [3.63, 3.8) is 0 Å². The summed E-state index contributed by atoms with van der Waals surface area (Å²) in [6.07, 6.45) is 8.17. The molecule has 118 valence electrons. The number of nitrogens with one attached hydrogen (secondary N) is 1. The second-order valence-electron chi connectivity index (χ2n) is 6.25. The van der Waals surface area contributed by atoms with E-state index in [1.54, 1.807) is 0 Å². The Morgan fingerprint density at radius 2 is 2.10 bits per heavy atom. The number of rotatable bonds is 7. The Kier molecular flexibility index (Phi) is 6.04. The maximum absolute atomic E-state index is 4.75. The van der Waals surface area contributed by atoms with Gasteiger partial charge in [0.05, 0.1) is 17.6 Å². The van der Waals surface area contributed by atoms with Gasteiger partial charge in [0, 0.05) is 18.1 Å². The number of nitrogens with zero attached hydrogens (tertiary/aromatic N) is 2. The van der Waals surface area contributed by atoms with Gasteiger partial charge in [-0.2, -0.15) is 0 Å². The monoisotopic (exact) mass is 289 g/mol. The second kappa shape index (κ2) is 7.79. The summed E-state index contributed by atoms with van der Waals surface area (Å²) in [6, 6.07) is 6.19. The highest BCUT2D eigenvalue weighted by atomic mass is 15.2. The van der Waals surface area contributed by atoms with Crippen LogP contribution in [-0.4, -0.2) is 23.6 Å². The third-order valence-corrected chi connectivity index (χ3v) is 4.73. The Labute approximate surface area is 130 Å². The number of hydrogen-bond acceptors (Lipinski definition) is 3. The predicted octanol–water partition coefficient (Wildman–Crippen LogP) is 4.30. The molecule has 1 saturated heterocycles. The summed E-state index contributed by atoms with van der Waals surface area (Å²) in [6.45, 7) is 10.1. The standard InChI is InChI=1S/C18H31N3/c1-5-12-19-17(7-3)18-11-10-16(13-20-18)21-14(4)8-9-15(21)6-2/h10-11,13-15,17,19H,5-9,12H2,1-4H3. The van der Waals surface area contributed by atoms with E-state index in [1.165, 1.54) is 30.6 Å². The minimum Gasteiger partial charge on any atom is -0.365 e. The predicted molar refractivity (Wildman–Crippen MR) is 90.8 cm³/mol. The minimum atomic E-state index is 0.386. The Bertz CT molecular complexity index is 415. The first-order valence-corrected chi connectivity index (χ1v) is 8.68. The van der Waals surface area contributed by atoms with Gasteiger partial charge in [0.1, 0.15) is 0 Å². The van der Waals surface area contributed by atoms with Gasteiger partial charge >= 0.3 is 0 Å². The molecular weight excluding hydrogens is 258 g/mol. The fourth-order valence-corrected chi connectivity index (χ4v) is 3.47. The van der Waals surface area contributed by atoms with Crippen molar-refractivity contribution in [2.45, 2.75) is 77.9 Å². The number of anilines is 1. The summed E-state index contributed by atoms with van der Waals surface area (Å²) in [5, 5.41) is 3.58. The fraction of sp³-hybridized carbons (Fsp3) is 0.722. The van der Waals surface area contributed by atoms with Crippen LogP contribution in [0.25, 0.3) is 0 Å². The molecule has 0 radical (unpaired) electrons. The van der Waals surface area contributed by atoms with Gasteiger partial charge in [0.15, 0.2) is 0 Å². The minimum absolute atomic E-state index is 0.386. The summed E-state index contributed by atoms with van der Waals surface area (Å²) in [4.78, 5) is 7.31. The molecular formula is C18H31N3. The zero-order valence-electron chi connectivity index (χ0n) is 14.1. The summed E-state index contributed by atoms with van der Waals surface area (Å²) in [5.74, 6) is 0. The third-order valence-electron chi connectivity index (χ3n) is 4.73. The zero-order chi connectivity index (χ0) is 15.2. The van der Waals surface area contributed by atoms with E-state index in [-0.39, 0.29) is 0 Å². The average Bonchev–Trinajstić information content (AvgIpc) is 2.89. The van der Waals surface area contributed by atoms with Gasteiger partial charge in [0.25, 0.3) is 0 Å². The molecule has 1 N–H and O–H groups in total. The van der Waals surface area contributed by atoms with Crippen LogP contribution in [0.15, 0.2) is 18.3 Å². The quantitative estimate of drug-likeness (QED) is 0.811. The van der Waals surface area contributed by atoms with Gasteiger partial charge in [0.2, 0.25) is 0 Å². The molecule has 2 heterocycles. The number of hydrogen-bond donors (Lipinski definition) is 1. The topological polar surface area (TPSA) is 28.2 Å². The van der Waals surface area contributed by atoms with Gasteiger partial charge in [-0.05, 0) is 57.7 Å². The molecule has 0 spiro atoms. The van der Waals surface area contributed by atoms with Crippen LogP contribution in [0.4, 0.5) is 5.69 Å². The highest BCUT2D eigenvalue weighted by molar-refractivity contribution is 5.48. The maximum Gasteiger partial charge on any atom is 0.0574 e. The lowest BCUT2D eigenvalue weighted by Gasteiger charge is -2.30. The van der Waals surface area contributed by atoms with Crippen LogP contribution in [0.3, 0.4) is 0 Å². The lowest BCUT2D eigenvalue weighted by molar-refractivity contribution is 0.507. The van der Waals surface area contributed by atoms with Gasteiger partial charge in [-0.25, -0.2) is 0 Å². The van der Waals surface area contributed by atoms with E-state index in [0.717, 1.165) is 19.4 Å². The number of pyridine rings is 1. The maximum atomic E-state index is 4.75. The molecule has 0 amide bonds. The first-order valence-electron chi connectivity index (χ1n) is 8.68. The normalized spacial score (nSPS) is 23.5. The Hall–Kier alpha value is -1.09. The van der Waals surface area contributed by atoms with Crippen molar-refractivity contribution in [2.24, 2.45) is 0 Å². The molecule has 0 saturated carbocycles. The lowest BCUT2D eigenvalue weighted by atomic mass is 10.1. The van der Waals surface area contributed by atoms with E-state index in [4.69, 9.17) is 4.98 Å². The second-order valence-corrected chi connectivity index (χ2v) is 6.25. The summed E-state index contributed by atoms with van der Waals surface area (Å²) in [7, 11) is 0. The summed E-state index contributed by atoms with van der Waals surface area (Å²) < 4.78 is 0. The third kappa shape index (κ3) is 3.76. The van der Waals surface area contributed by atoms with Crippen molar-refractivity contribution in [1.82, 2.24) is 10.3 Å². The van der Waals surface area contributed by atoms with E-state index < -0.39 is 0 Å². The van der Waals surface area contributed by atoms with Crippen molar-refractivity contribution in [2.75, 3.05) is 11.4 Å². The molecule has 21 heavy (non-hydrogen) atoms. The Morgan fingerprint density at radius 3 is 2.67 bits per heavy atom. The molecule has 0 bridgehead atoms. The first-order chi connectivity index (χ1) is 10.2. The van der Waals surface area contributed by atoms with Crippen LogP contribution < -0.4 is 10.2 Å². The Balaban J connectivity index is 2.10. The van der Waals surface area contributed by atoms with E-state index in [1.807, 2.05) is 0 Å². The number of aromatic nitrogens is 1. The molecule has 2 rings (SSSR count). The van der Waals surface area contributed by atoms with Crippen LogP contribution in [0, 0.1) is 0 Å². The Morgan fingerprint density at radius 1 is 1.29 bits per heavy atom. The molecule has 1 aliphatic rings. The highest BCUT2D eigenvalue weighted by Gasteiger charge is 2.29. The largest absolute Gasteiger partial charge is 0.365 e. The average molecular weight is 289 g/mol.